The first kappa shape index (κ1) is 13.7. The Hall–Kier alpha value is -1.27. The van der Waals surface area contributed by atoms with Crippen molar-refractivity contribution < 1.29 is 0 Å². The molecule has 1 aliphatic rings. The van der Waals surface area contributed by atoms with Crippen LogP contribution in [0, 0.1) is 5.92 Å². The quantitative estimate of drug-likeness (QED) is 0.805. The molecule has 1 atom stereocenters. The summed E-state index contributed by atoms with van der Waals surface area (Å²) in [4.78, 5) is 19.2. The van der Waals surface area contributed by atoms with E-state index in [0.717, 1.165) is 34.3 Å². The van der Waals surface area contributed by atoms with Crippen molar-refractivity contribution in [1.82, 2.24) is 14.9 Å². The molecular formula is C14H19BrN4O. The maximum absolute atomic E-state index is 11.3. The molecule has 1 saturated heterocycles. The topological polar surface area (TPSA) is 63.9 Å². The number of aromatic amines is 2. The fraction of sp³-hybridized carbons (Fsp3) is 0.500. The molecule has 0 bridgehead atoms. The number of likely N-dealkylation sites (tertiary alicyclic amines) is 1. The van der Waals surface area contributed by atoms with Gasteiger partial charge >= 0.3 is 5.69 Å². The first-order chi connectivity index (χ1) is 9.61. The second kappa shape index (κ2) is 5.61. The number of hydrogen-bond donors (Lipinski definition) is 3. The summed E-state index contributed by atoms with van der Waals surface area (Å²) in [6, 6.07) is 3.91. The van der Waals surface area contributed by atoms with E-state index in [2.05, 4.69) is 43.2 Å². The Kier molecular flexibility index (Phi) is 3.85. The Morgan fingerprint density at radius 1 is 1.40 bits per heavy atom. The Labute approximate surface area is 125 Å². The molecule has 3 N–H and O–H groups in total. The number of fused-ring (bicyclic) bond motifs is 1. The molecule has 6 heteroatoms. The first-order valence-corrected chi connectivity index (χ1v) is 7.75. The molecule has 2 aromatic rings. The highest BCUT2D eigenvalue weighted by Crippen LogP contribution is 2.27. The summed E-state index contributed by atoms with van der Waals surface area (Å²) in [7, 11) is 2.18. The molecule has 1 aliphatic heterocycles. The molecule has 1 fully saturated rings. The van der Waals surface area contributed by atoms with Gasteiger partial charge in [0.25, 0.3) is 0 Å². The van der Waals surface area contributed by atoms with Gasteiger partial charge in [0.05, 0.1) is 16.7 Å². The number of H-pyrrole nitrogens is 2. The maximum atomic E-state index is 11.3. The minimum absolute atomic E-state index is 0.169. The molecule has 1 aromatic carbocycles. The third kappa shape index (κ3) is 2.91. The van der Waals surface area contributed by atoms with E-state index in [-0.39, 0.29) is 5.69 Å². The third-order valence-electron chi connectivity index (χ3n) is 3.91. The van der Waals surface area contributed by atoms with Gasteiger partial charge in [-0.05, 0) is 60.4 Å². The number of imidazole rings is 1. The first-order valence-electron chi connectivity index (χ1n) is 6.96. The van der Waals surface area contributed by atoms with Crippen molar-refractivity contribution in [2.75, 3.05) is 32.0 Å². The SMILES string of the molecule is CN1CCCC(CNc2cc3[nH]c(=O)[nH]c3cc2Br)C1. The second-order valence-corrected chi connectivity index (χ2v) is 6.46. The van der Waals surface area contributed by atoms with Crippen molar-refractivity contribution in [2.45, 2.75) is 12.8 Å². The number of halogens is 1. The largest absolute Gasteiger partial charge is 0.384 e. The summed E-state index contributed by atoms with van der Waals surface area (Å²) in [5, 5.41) is 3.50. The van der Waals surface area contributed by atoms with E-state index in [1.807, 2.05) is 12.1 Å². The van der Waals surface area contributed by atoms with Crippen LogP contribution in [0.5, 0.6) is 0 Å². The number of benzene rings is 1. The van der Waals surface area contributed by atoms with Crippen molar-refractivity contribution in [3.8, 4) is 0 Å². The number of nitrogens with zero attached hydrogens (tertiary/aromatic N) is 1. The van der Waals surface area contributed by atoms with E-state index in [1.165, 1.54) is 19.4 Å². The van der Waals surface area contributed by atoms with E-state index >= 15 is 0 Å². The van der Waals surface area contributed by atoms with Crippen molar-refractivity contribution in [3.05, 3.63) is 27.1 Å². The van der Waals surface area contributed by atoms with Crippen molar-refractivity contribution in [3.63, 3.8) is 0 Å². The average Bonchev–Trinajstić information content (AvgIpc) is 2.75. The van der Waals surface area contributed by atoms with E-state index in [1.54, 1.807) is 0 Å². The van der Waals surface area contributed by atoms with Crippen LogP contribution >= 0.6 is 15.9 Å². The van der Waals surface area contributed by atoms with Crippen LogP contribution in [0.2, 0.25) is 0 Å². The summed E-state index contributed by atoms with van der Waals surface area (Å²) in [6.07, 6.45) is 2.55. The average molecular weight is 339 g/mol. The molecule has 2 heterocycles. The molecule has 3 rings (SSSR count). The van der Waals surface area contributed by atoms with Gasteiger partial charge in [-0.1, -0.05) is 0 Å². The maximum Gasteiger partial charge on any atom is 0.323 e. The van der Waals surface area contributed by atoms with Crippen LogP contribution in [0.4, 0.5) is 5.69 Å². The van der Waals surface area contributed by atoms with Gasteiger partial charge in [0.2, 0.25) is 0 Å². The molecule has 5 nitrogen and oxygen atoms in total. The van der Waals surface area contributed by atoms with Gasteiger partial charge in [0, 0.05) is 17.6 Å². The Bertz CT molecular complexity index is 663. The monoisotopic (exact) mass is 338 g/mol. The van der Waals surface area contributed by atoms with E-state index in [4.69, 9.17) is 0 Å². The van der Waals surface area contributed by atoms with Crippen LogP contribution in [0.1, 0.15) is 12.8 Å². The second-order valence-electron chi connectivity index (χ2n) is 5.61. The number of rotatable bonds is 3. The zero-order chi connectivity index (χ0) is 14.1. The lowest BCUT2D eigenvalue weighted by Gasteiger charge is -2.30. The fourth-order valence-electron chi connectivity index (χ4n) is 2.89. The van der Waals surface area contributed by atoms with Gasteiger partial charge in [0.15, 0.2) is 0 Å². The van der Waals surface area contributed by atoms with E-state index < -0.39 is 0 Å². The molecule has 0 radical (unpaired) electrons. The predicted molar refractivity (Wildman–Crippen MR) is 85.3 cm³/mol. The number of aromatic nitrogens is 2. The van der Waals surface area contributed by atoms with Crippen LogP contribution in [0.15, 0.2) is 21.4 Å². The minimum Gasteiger partial charge on any atom is -0.384 e. The van der Waals surface area contributed by atoms with Crippen molar-refractivity contribution in [2.24, 2.45) is 5.92 Å². The van der Waals surface area contributed by atoms with Gasteiger partial charge in [0.1, 0.15) is 0 Å². The summed E-state index contributed by atoms with van der Waals surface area (Å²) in [6.45, 7) is 3.31. The van der Waals surface area contributed by atoms with Crippen molar-refractivity contribution >= 4 is 32.7 Å². The molecule has 0 amide bonds. The summed E-state index contributed by atoms with van der Waals surface area (Å²) in [5.74, 6) is 0.682. The molecule has 108 valence electrons. The van der Waals surface area contributed by atoms with Crippen LogP contribution in [0.25, 0.3) is 11.0 Å². The van der Waals surface area contributed by atoms with Crippen molar-refractivity contribution in [1.29, 1.82) is 0 Å². The van der Waals surface area contributed by atoms with E-state index in [9.17, 15) is 4.79 Å². The Balaban J connectivity index is 1.73. The molecule has 1 aromatic heterocycles. The molecule has 20 heavy (non-hydrogen) atoms. The lowest BCUT2D eigenvalue weighted by Crippen LogP contribution is -2.35. The Morgan fingerprint density at radius 3 is 2.90 bits per heavy atom. The lowest BCUT2D eigenvalue weighted by molar-refractivity contribution is 0.217. The number of piperidine rings is 1. The Morgan fingerprint density at radius 2 is 2.15 bits per heavy atom. The number of hydrogen-bond acceptors (Lipinski definition) is 3. The number of anilines is 1. The van der Waals surface area contributed by atoms with Crippen LogP contribution in [0.3, 0.4) is 0 Å². The van der Waals surface area contributed by atoms with E-state index in [0.29, 0.717) is 5.92 Å². The minimum atomic E-state index is -0.169. The summed E-state index contributed by atoms with van der Waals surface area (Å²) < 4.78 is 0.976. The fourth-order valence-corrected chi connectivity index (χ4v) is 3.37. The highest BCUT2D eigenvalue weighted by molar-refractivity contribution is 9.10. The highest BCUT2D eigenvalue weighted by atomic mass is 79.9. The molecule has 0 aliphatic carbocycles. The van der Waals surface area contributed by atoms with Gasteiger partial charge in [-0.2, -0.15) is 0 Å². The normalized spacial score (nSPS) is 20.4. The van der Waals surface area contributed by atoms with Gasteiger partial charge in [-0.25, -0.2) is 4.79 Å². The van der Waals surface area contributed by atoms with Gasteiger partial charge in [-0.3, -0.25) is 0 Å². The molecule has 0 saturated carbocycles. The highest BCUT2D eigenvalue weighted by Gasteiger charge is 2.17. The van der Waals surface area contributed by atoms with Crippen LogP contribution in [-0.4, -0.2) is 41.5 Å². The zero-order valence-corrected chi connectivity index (χ0v) is 13.1. The third-order valence-corrected chi connectivity index (χ3v) is 4.56. The molecule has 1 unspecified atom stereocenters. The number of nitrogens with one attached hydrogen (secondary N) is 3. The smallest absolute Gasteiger partial charge is 0.323 e. The van der Waals surface area contributed by atoms with Crippen LogP contribution < -0.4 is 11.0 Å². The molecular weight excluding hydrogens is 320 g/mol. The summed E-state index contributed by atoms with van der Waals surface area (Å²) in [5.41, 5.74) is 2.52. The molecule has 0 spiro atoms. The van der Waals surface area contributed by atoms with Gasteiger partial charge < -0.3 is 20.2 Å². The zero-order valence-electron chi connectivity index (χ0n) is 11.5. The standard InChI is InChI=1S/C14H19BrN4O/c1-19-4-2-3-9(8-19)7-16-11-6-13-12(5-10(11)15)17-14(20)18-13/h5-6,9,16H,2-4,7-8H2,1H3,(H2,17,18,20). The van der Waals surface area contributed by atoms with Gasteiger partial charge in [-0.15, -0.1) is 0 Å². The lowest BCUT2D eigenvalue weighted by atomic mass is 9.98. The summed E-state index contributed by atoms with van der Waals surface area (Å²) >= 11 is 3.55. The predicted octanol–water partition coefficient (Wildman–Crippen LogP) is 2.37. The van der Waals surface area contributed by atoms with Crippen LogP contribution in [-0.2, 0) is 0 Å².